The Morgan fingerprint density at radius 3 is 2.83 bits per heavy atom. The van der Waals surface area contributed by atoms with E-state index in [2.05, 4.69) is 21.2 Å². The highest BCUT2D eigenvalue weighted by molar-refractivity contribution is 9.09. The lowest BCUT2D eigenvalue weighted by molar-refractivity contribution is -0.383. The molecule has 0 fully saturated rings. The molecule has 0 unspecified atom stereocenters. The van der Waals surface area contributed by atoms with E-state index in [1.807, 2.05) is 12.2 Å². The van der Waals surface area contributed by atoms with Crippen molar-refractivity contribution in [2.45, 2.75) is 13.3 Å². The first-order chi connectivity index (χ1) is 8.54. The van der Waals surface area contributed by atoms with Gasteiger partial charge < -0.3 is 5.32 Å². The van der Waals surface area contributed by atoms with Crippen molar-refractivity contribution in [1.29, 1.82) is 0 Å². The number of alkyl halides is 1. The number of nitro groups is 1. The molecular weight excluding hydrogens is 300 g/mol. The molecule has 5 nitrogen and oxygen atoms in total. The normalized spacial score (nSPS) is 10.6. The third-order valence-corrected chi connectivity index (χ3v) is 2.57. The highest BCUT2D eigenvalue weighted by atomic mass is 79.9. The molecule has 0 aliphatic rings. The minimum absolute atomic E-state index is 0.105. The van der Waals surface area contributed by atoms with Crippen molar-refractivity contribution in [3.63, 3.8) is 0 Å². The predicted molar refractivity (Wildman–Crippen MR) is 74.8 cm³/mol. The minimum Gasteiger partial charge on any atom is -0.321 e. The number of halogens is 1. The number of hydrogen-bond donors (Lipinski definition) is 1. The van der Waals surface area contributed by atoms with E-state index in [1.165, 1.54) is 19.1 Å². The van der Waals surface area contributed by atoms with E-state index < -0.39 is 4.92 Å². The van der Waals surface area contributed by atoms with E-state index in [0.717, 1.165) is 17.3 Å². The summed E-state index contributed by atoms with van der Waals surface area (Å²) in [5.41, 5.74) is 0.841. The number of nitrogens with zero attached hydrogens (tertiary/aromatic N) is 1. The van der Waals surface area contributed by atoms with Gasteiger partial charge in [-0.25, -0.2) is 0 Å². The molecule has 96 valence electrons. The van der Waals surface area contributed by atoms with E-state index >= 15 is 0 Å². The van der Waals surface area contributed by atoms with E-state index in [4.69, 9.17) is 0 Å². The predicted octanol–water partition coefficient (Wildman–Crippen LogP) is 3.35. The zero-order chi connectivity index (χ0) is 13.5. The summed E-state index contributed by atoms with van der Waals surface area (Å²) in [5.74, 6) is -0.333. The highest BCUT2D eigenvalue weighted by Crippen LogP contribution is 2.26. The van der Waals surface area contributed by atoms with Gasteiger partial charge in [0.15, 0.2) is 0 Å². The smallest absolute Gasteiger partial charge is 0.293 e. The van der Waals surface area contributed by atoms with Crippen LogP contribution in [-0.4, -0.2) is 16.2 Å². The van der Waals surface area contributed by atoms with Gasteiger partial charge in [-0.15, -0.1) is 0 Å². The Bertz CT molecular complexity index is 486. The Kier molecular flexibility index (Phi) is 5.51. The van der Waals surface area contributed by atoms with Crippen LogP contribution >= 0.6 is 15.9 Å². The van der Waals surface area contributed by atoms with Gasteiger partial charge in [-0.1, -0.05) is 34.1 Å². The summed E-state index contributed by atoms with van der Waals surface area (Å²) in [6.07, 6.45) is 4.58. The van der Waals surface area contributed by atoms with Crippen LogP contribution in [0.3, 0.4) is 0 Å². The van der Waals surface area contributed by atoms with Crippen LogP contribution in [0.2, 0.25) is 0 Å². The maximum absolute atomic E-state index is 10.9. The van der Waals surface area contributed by atoms with Gasteiger partial charge in [0, 0.05) is 18.3 Å². The number of allylic oxidation sites excluding steroid dienone is 1. The number of carbonyl (C=O) groups excluding carboxylic acids is 1. The van der Waals surface area contributed by atoms with Crippen molar-refractivity contribution in [3.8, 4) is 0 Å². The van der Waals surface area contributed by atoms with E-state index in [-0.39, 0.29) is 17.3 Å². The summed E-state index contributed by atoms with van der Waals surface area (Å²) in [4.78, 5) is 21.3. The molecular formula is C12H13BrN2O3. The molecule has 0 radical (unpaired) electrons. The summed E-state index contributed by atoms with van der Waals surface area (Å²) in [6, 6.07) is 4.70. The van der Waals surface area contributed by atoms with E-state index in [0.29, 0.717) is 0 Å². The molecule has 18 heavy (non-hydrogen) atoms. The largest absolute Gasteiger partial charge is 0.321 e. The summed E-state index contributed by atoms with van der Waals surface area (Å²) in [6.45, 7) is 1.31. The van der Waals surface area contributed by atoms with Crippen molar-refractivity contribution in [3.05, 3.63) is 40.0 Å². The molecule has 1 N–H and O–H groups in total. The number of anilines is 1. The van der Waals surface area contributed by atoms with Crippen molar-refractivity contribution in [2.75, 3.05) is 10.6 Å². The molecule has 0 atom stereocenters. The first kappa shape index (κ1) is 14.4. The van der Waals surface area contributed by atoms with Gasteiger partial charge in [0.25, 0.3) is 5.69 Å². The second kappa shape index (κ2) is 6.90. The molecule has 0 saturated carbocycles. The number of nitro benzene ring substituents is 1. The Hall–Kier alpha value is -1.69. The van der Waals surface area contributed by atoms with Crippen LogP contribution in [0.25, 0.3) is 6.08 Å². The van der Waals surface area contributed by atoms with Crippen LogP contribution in [-0.2, 0) is 4.79 Å². The molecule has 0 spiro atoms. The Morgan fingerprint density at radius 2 is 2.28 bits per heavy atom. The first-order valence-corrected chi connectivity index (χ1v) is 6.45. The molecule has 6 heteroatoms. The van der Waals surface area contributed by atoms with Gasteiger partial charge in [0.2, 0.25) is 5.91 Å². The fourth-order valence-electron chi connectivity index (χ4n) is 1.38. The average molecular weight is 313 g/mol. The molecule has 0 heterocycles. The van der Waals surface area contributed by atoms with Gasteiger partial charge in [-0.2, -0.15) is 0 Å². The fourth-order valence-corrected chi connectivity index (χ4v) is 1.65. The topological polar surface area (TPSA) is 72.2 Å². The molecule has 0 saturated heterocycles. The maximum atomic E-state index is 10.9. The average Bonchev–Trinajstić information content (AvgIpc) is 2.30. The number of nitrogens with one attached hydrogen (secondary N) is 1. The van der Waals surface area contributed by atoms with Crippen LogP contribution in [0.4, 0.5) is 11.4 Å². The minimum atomic E-state index is -0.507. The van der Waals surface area contributed by atoms with Crippen LogP contribution in [0.5, 0.6) is 0 Å². The molecule has 1 amide bonds. The molecule has 1 aromatic rings. The van der Waals surface area contributed by atoms with Crippen molar-refractivity contribution in [2.24, 2.45) is 0 Å². The third kappa shape index (κ3) is 4.29. The van der Waals surface area contributed by atoms with E-state index in [1.54, 1.807) is 6.07 Å². The van der Waals surface area contributed by atoms with Gasteiger partial charge >= 0.3 is 0 Å². The summed E-state index contributed by atoms with van der Waals surface area (Å²) < 4.78 is 0. The Balaban J connectivity index is 3.03. The molecule has 0 bridgehead atoms. The molecule has 0 aliphatic carbocycles. The lowest BCUT2D eigenvalue weighted by atomic mass is 10.1. The second-order valence-electron chi connectivity index (χ2n) is 3.59. The van der Waals surface area contributed by atoms with Crippen LogP contribution in [0.15, 0.2) is 24.3 Å². The third-order valence-electron chi connectivity index (χ3n) is 2.12. The van der Waals surface area contributed by atoms with Crippen LogP contribution in [0, 0.1) is 10.1 Å². The number of carbonyl (C=O) groups is 1. The van der Waals surface area contributed by atoms with Gasteiger partial charge in [-0.3, -0.25) is 14.9 Å². The van der Waals surface area contributed by atoms with E-state index in [9.17, 15) is 14.9 Å². The summed E-state index contributed by atoms with van der Waals surface area (Å²) in [7, 11) is 0. The van der Waals surface area contributed by atoms with Gasteiger partial charge in [-0.05, 0) is 18.1 Å². The quantitative estimate of drug-likeness (QED) is 0.515. The number of rotatable bonds is 5. The summed E-state index contributed by atoms with van der Waals surface area (Å²) in [5, 5.41) is 14.2. The van der Waals surface area contributed by atoms with Crippen molar-refractivity contribution in [1.82, 2.24) is 0 Å². The lowest BCUT2D eigenvalue weighted by Gasteiger charge is -2.04. The monoisotopic (exact) mass is 312 g/mol. The zero-order valence-corrected chi connectivity index (χ0v) is 11.4. The Labute approximate surface area is 113 Å². The summed E-state index contributed by atoms with van der Waals surface area (Å²) >= 11 is 3.29. The number of benzene rings is 1. The molecule has 0 aliphatic heterocycles. The SMILES string of the molecule is CC(=O)Nc1ccc(C=CCCBr)cc1[N+](=O)[O-]. The highest BCUT2D eigenvalue weighted by Gasteiger charge is 2.14. The molecule has 1 rings (SSSR count). The second-order valence-corrected chi connectivity index (χ2v) is 4.39. The van der Waals surface area contributed by atoms with Crippen molar-refractivity contribution < 1.29 is 9.72 Å². The maximum Gasteiger partial charge on any atom is 0.293 e. The number of amides is 1. The van der Waals surface area contributed by atoms with Crippen LogP contribution in [0.1, 0.15) is 18.9 Å². The van der Waals surface area contributed by atoms with Gasteiger partial charge in [0.1, 0.15) is 5.69 Å². The van der Waals surface area contributed by atoms with Crippen molar-refractivity contribution >= 4 is 39.3 Å². The Morgan fingerprint density at radius 1 is 1.56 bits per heavy atom. The zero-order valence-electron chi connectivity index (χ0n) is 9.85. The lowest BCUT2D eigenvalue weighted by Crippen LogP contribution is -2.08. The number of hydrogen-bond acceptors (Lipinski definition) is 3. The molecule has 1 aromatic carbocycles. The molecule has 0 aromatic heterocycles. The standard InChI is InChI=1S/C12H13BrN2O3/c1-9(16)14-11-6-5-10(4-2-3-7-13)8-12(11)15(17)18/h2,4-6,8H,3,7H2,1H3,(H,14,16). The first-order valence-electron chi connectivity index (χ1n) is 5.33. The fraction of sp³-hybridized carbons (Fsp3) is 0.250. The van der Waals surface area contributed by atoms with Gasteiger partial charge in [0.05, 0.1) is 4.92 Å². The van der Waals surface area contributed by atoms with Crippen LogP contribution < -0.4 is 5.32 Å².